The average molecular weight is 496 g/mol. The van der Waals surface area contributed by atoms with Crippen molar-refractivity contribution in [1.29, 1.82) is 0 Å². The van der Waals surface area contributed by atoms with E-state index in [9.17, 15) is 13.2 Å². The number of carbonyl (C=O) groups is 1. The van der Waals surface area contributed by atoms with Gasteiger partial charge in [-0.25, -0.2) is 8.42 Å². The topological polar surface area (TPSA) is 80.5 Å². The van der Waals surface area contributed by atoms with Gasteiger partial charge in [-0.3, -0.25) is 9.52 Å². The Balaban J connectivity index is 1.60. The number of nitrogens with zero attached hydrogens (tertiary/aromatic N) is 2. The standard InChI is InChI=1S/C24H18ClN3O3S2/c1-3-14-28-21-13-4-16(2)15-22(21)32-24(28)26-23(29)17-5-9-19(10-6-17)27-33(30,31)20-11-7-18(25)8-12-20/h1,4-13,15,27H,14H2,2H3. The molecular formula is C24H18ClN3O3S2. The fourth-order valence-corrected chi connectivity index (χ4v) is 5.48. The first kappa shape index (κ1) is 22.8. The summed E-state index contributed by atoms with van der Waals surface area (Å²) in [7, 11) is -3.78. The lowest BCUT2D eigenvalue weighted by Crippen LogP contribution is -2.16. The molecule has 1 aromatic heterocycles. The number of benzene rings is 3. The number of amides is 1. The van der Waals surface area contributed by atoms with Gasteiger partial charge < -0.3 is 4.57 Å². The van der Waals surface area contributed by atoms with E-state index in [4.69, 9.17) is 18.0 Å². The van der Waals surface area contributed by atoms with Crippen LogP contribution in [0.1, 0.15) is 15.9 Å². The van der Waals surface area contributed by atoms with E-state index < -0.39 is 15.9 Å². The molecule has 0 saturated carbocycles. The molecule has 6 nitrogen and oxygen atoms in total. The van der Waals surface area contributed by atoms with E-state index in [0.29, 0.717) is 27.6 Å². The van der Waals surface area contributed by atoms with Crippen molar-refractivity contribution in [2.45, 2.75) is 18.4 Å². The van der Waals surface area contributed by atoms with Crippen LogP contribution >= 0.6 is 22.9 Å². The van der Waals surface area contributed by atoms with Gasteiger partial charge in [-0.05, 0) is 73.2 Å². The van der Waals surface area contributed by atoms with Crippen LogP contribution in [0.5, 0.6) is 0 Å². The lowest BCUT2D eigenvalue weighted by atomic mass is 10.2. The molecule has 1 heterocycles. The van der Waals surface area contributed by atoms with Crippen molar-refractivity contribution in [2.75, 3.05) is 4.72 Å². The van der Waals surface area contributed by atoms with Crippen LogP contribution in [0.15, 0.2) is 76.6 Å². The van der Waals surface area contributed by atoms with Crippen molar-refractivity contribution in [3.63, 3.8) is 0 Å². The van der Waals surface area contributed by atoms with Gasteiger partial charge in [-0.15, -0.1) is 6.42 Å². The monoisotopic (exact) mass is 495 g/mol. The third kappa shape index (κ3) is 5.01. The third-order valence-electron chi connectivity index (χ3n) is 4.79. The Morgan fingerprint density at radius 1 is 1.12 bits per heavy atom. The molecular weight excluding hydrogens is 478 g/mol. The van der Waals surface area contributed by atoms with Gasteiger partial charge in [0.15, 0.2) is 4.80 Å². The van der Waals surface area contributed by atoms with Gasteiger partial charge in [-0.2, -0.15) is 4.99 Å². The van der Waals surface area contributed by atoms with Crippen LogP contribution < -0.4 is 9.52 Å². The Kier molecular flexibility index (Phi) is 6.38. The smallest absolute Gasteiger partial charge is 0.279 e. The molecule has 0 unspecified atom stereocenters. The van der Waals surface area contributed by atoms with Crippen molar-refractivity contribution in [3.05, 3.63) is 87.7 Å². The highest BCUT2D eigenvalue weighted by Crippen LogP contribution is 2.20. The quantitative estimate of drug-likeness (QED) is 0.402. The fourth-order valence-electron chi connectivity index (χ4n) is 3.17. The number of halogens is 1. The summed E-state index contributed by atoms with van der Waals surface area (Å²) in [4.78, 5) is 17.6. The van der Waals surface area contributed by atoms with Gasteiger partial charge in [0, 0.05) is 16.3 Å². The van der Waals surface area contributed by atoms with E-state index in [2.05, 4.69) is 15.6 Å². The van der Waals surface area contributed by atoms with E-state index in [1.165, 1.54) is 59.9 Å². The highest BCUT2D eigenvalue weighted by molar-refractivity contribution is 7.92. The van der Waals surface area contributed by atoms with Gasteiger partial charge >= 0.3 is 0 Å². The van der Waals surface area contributed by atoms with Crippen LogP contribution in [0.25, 0.3) is 10.2 Å². The zero-order valence-corrected chi connectivity index (χ0v) is 19.8. The molecule has 1 amide bonds. The summed E-state index contributed by atoms with van der Waals surface area (Å²) in [5, 5.41) is 0.443. The first-order chi connectivity index (χ1) is 15.8. The number of anilines is 1. The number of hydrogen-bond acceptors (Lipinski definition) is 4. The summed E-state index contributed by atoms with van der Waals surface area (Å²) in [6.45, 7) is 2.29. The number of aromatic nitrogens is 1. The number of thiazole rings is 1. The van der Waals surface area contributed by atoms with Gasteiger partial charge in [0.1, 0.15) is 0 Å². The molecule has 9 heteroatoms. The van der Waals surface area contributed by atoms with Crippen molar-refractivity contribution in [2.24, 2.45) is 4.99 Å². The van der Waals surface area contributed by atoms with E-state index in [1.54, 1.807) is 0 Å². The molecule has 4 aromatic rings. The summed E-state index contributed by atoms with van der Waals surface area (Å²) < 4.78 is 30.3. The minimum atomic E-state index is -3.78. The van der Waals surface area contributed by atoms with Crippen LogP contribution in [-0.4, -0.2) is 18.9 Å². The molecule has 0 atom stereocenters. The molecule has 0 bridgehead atoms. The summed E-state index contributed by atoms with van der Waals surface area (Å²) in [5.74, 6) is 2.15. The third-order valence-corrected chi connectivity index (χ3v) is 7.48. The summed E-state index contributed by atoms with van der Waals surface area (Å²) in [5.41, 5.74) is 2.67. The summed E-state index contributed by atoms with van der Waals surface area (Å²) in [6, 6.07) is 17.9. The second-order valence-electron chi connectivity index (χ2n) is 7.20. The molecule has 33 heavy (non-hydrogen) atoms. The Hall–Kier alpha value is -3.38. The average Bonchev–Trinajstić information content (AvgIpc) is 3.10. The maximum atomic E-state index is 12.8. The van der Waals surface area contributed by atoms with Gasteiger partial charge in [0.05, 0.1) is 21.7 Å². The summed E-state index contributed by atoms with van der Waals surface area (Å²) >= 11 is 7.21. The number of carbonyl (C=O) groups excluding carboxylic acids is 1. The maximum Gasteiger partial charge on any atom is 0.279 e. The predicted octanol–water partition coefficient (Wildman–Crippen LogP) is 4.84. The lowest BCUT2D eigenvalue weighted by Gasteiger charge is -2.08. The largest absolute Gasteiger partial charge is 0.305 e. The molecule has 4 rings (SSSR count). The molecule has 3 aromatic carbocycles. The molecule has 1 N–H and O–H groups in total. The number of nitrogens with one attached hydrogen (secondary N) is 1. The molecule has 0 fully saturated rings. The minimum absolute atomic E-state index is 0.0834. The van der Waals surface area contributed by atoms with E-state index in [0.717, 1.165) is 15.8 Å². The molecule has 166 valence electrons. The van der Waals surface area contributed by atoms with Crippen molar-refractivity contribution >= 4 is 54.8 Å². The zero-order valence-electron chi connectivity index (χ0n) is 17.4. The van der Waals surface area contributed by atoms with Gasteiger partial charge in [0.2, 0.25) is 0 Å². The number of aryl methyl sites for hydroxylation is 1. The maximum absolute atomic E-state index is 12.8. The van der Waals surface area contributed by atoms with Gasteiger partial charge in [0.25, 0.3) is 15.9 Å². The minimum Gasteiger partial charge on any atom is -0.305 e. The zero-order chi connectivity index (χ0) is 23.6. The number of terminal acetylenes is 1. The van der Waals surface area contributed by atoms with E-state index >= 15 is 0 Å². The second kappa shape index (κ2) is 9.24. The van der Waals surface area contributed by atoms with Crippen LogP contribution in [0.2, 0.25) is 5.02 Å². The number of sulfonamides is 1. The number of hydrogen-bond donors (Lipinski definition) is 1. The van der Waals surface area contributed by atoms with Crippen molar-refractivity contribution in [3.8, 4) is 12.3 Å². The number of rotatable bonds is 5. The fraction of sp³-hybridized carbons (Fsp3) is 0.0833. The predicted molar refractivity (Wildman–Crippen MR) is 132 cm³/mol. The highest BCUT2D eigenvalue weighted by Gasteiger charge is 2.15. The van der Waals surface area contributed by atoms with Crippen LogP contribution in [0.3, 0.4) is 0 Å². The van der Waals surface area contributed by atoms with E-state index in [-0.39, 0.29) is 4.90 Å². The summed E-state index contributed by atoms with van der Waals surface area (Å²) in [6.07, 6.45) is 5.51. The van der Waals surface area contributed by atoms with Crippen LogP contribution in [0.4, 0.5) is 5.69 Å². The number of fused-ring (bicyclic) bond motifs is 1. The first-order valence-electron chi connectivity index (χ1n) is 9.78. The molecule has 0 spiro atoms. The van der Waals surface area contributed by atoms with Crippen LogP contribution in [-0.2, 0) is 16.6 Å². The molecule has 0 aliphatic rings. The van der Waals surface area contributed by atoms with Crippen LogP contribution in [0, 0.1) is 19.3 Å². The molecule has 0 aliphatic heterocycles. The Morgan fingerprint density at radius 2 is 1.82 bits per heavy atom. The lowest BCUT2D eigenvalue weighted by molar-refractivity contribution is 0.0998. The normalized spacial score (nSPS) is 12.0. The van der Waals surface area contributed by atoms with Crippen molar-refractivity contribution in [1.82, 2.24) is 4.57 Å². The SMILES string of the molecule is C#CCn1c(=NC(=O)c2ccc(NS(=O)(=O)c3ccc(Cl)cc3)cc2)sc2cc(C)ccc21. The van der Waals surface area contributed by atoms with Gasteiger partial charge in [-0.1, -0.05) is 34.9 Å². The second-order valence-corrected chi connectivity index (χ2v) is 10.3. The molecule has 0 saturated heterocycles. The van der Waals surface area contributed by atoms with Crippen molar-refractivity contribution < 1.29 is 13.2 Å². The highest BCUT2D eigenvalue weighted by atomic mass is 35.5. The first-order valence-corrected chi connectivity index (χ1v) is 12.5. The molecule has 0 aliphatic carbocycles. The Labute approximate surface area is 200 Å². The molecule has 0 radical (unpaired) electrons. The Bertz CT molecular complexity index is 1560. The van der Waals surface area contributed by atoms with E-state index in [1.807, 2.05) is 29.7 Å². The Morgan fingerprint density at radius 3 is 2.48 bits per heavy atom.